The first-order valence-corrected chi connectivity index (χ1v) is 9.66. The lowest BCUT2D eigenvalue weighted by Crippen LogP contribution is -2.23. The van der Waals surface area contributed by atoms with Gasteiger partial charge in [0.1, 0.15) is 22.6 Å². The number of esters is 1. The topological polar surface area (TPSA) is 88.4 Å². The Labute approximate surface area is 165 Å². The largest absolute Gasteiger partial charge is 0.482 e. The Balaban J connectivity index is 1.51. The van der Waals surface area contributed by atoms with Gasteiger partial charge in [0.25, 0.3) is 5.91 Å². The van der Waals surface area contributed by atoms with Crippen LogP contribution in [0, 0.1) is 23.1 Å². The molecule has 0 unspecified atom stereocenters. The van der Waals surface area contributed by atoms with E-state index in [2.05, 4.69) is 18.3 Å². The summed E-state index contributed by atoms with van der Waals surface area (Å²) < 4.78 is 23.0. The van der Waals surface area contributed by atoms with Crippen molar-refractivity contribution in [2.45, 2.75) is 26.2 Å². The molecule has 1 heterocycles. The SMILES string of the molecule is C[C@@H]1CCc2c(sc(NC(=O)COC(=O)COc3cccc(F)c3)c2C#N)C1. The molecule has 6 nitrogen and oxygen atoms in total. The van der Waals surface area contributed by atoms with E-state index >= 15 is 0 Å². The van der Waals surface area contributed by atoms with E-state index in [-0.39, 0.29) is 5.75 Å². The summed E-state index contributed by atoms with van der Waals surface area (Å²) in [7, 11) is 0. The maximum Gasteiger partial charge on any atom is 0.344 e. The Hall–Kier alpha value is -2.92. The standard InChI is InChI=1S/C20H19FN2O4S/c1-12-5-6-15-16(9-22)20(28-17(15)7-12)23-18(24)10-27-19(25)11-26-14-4-2-3-13(21)8-14/h2-4,8,12H,5-7,10-11H2,1H3,(H,23,24)/t12-/m1/s1. The van der Waals surface area contributed by atoms with Gasteiger partial charge in [-0.15, -0.1) is 11.3 Å². The fourth-order valence-electron chi connectivity index (χ4n) is 3.01. The highest BCUT2D eigenvalue weighted by Crippen LogP contribution is 2.39. The predicted molar refractivity (Wildman–Crippen MR) is 102 cm³/mol. The van der Waals surface area contributed by atoms with Crippen LogP contribution in [-0.2, 0) is 27.2 Å². The van der Waals surface area contributed by atoms with E-state index in [1.54, 1.807) is 0 Å². The number of thiophene rings is 1. The number of benzene rings is 1. The van der Waals surface area contributed by atoms with Gasteiger partial charge in [0.15, 0.2) is 13.2 Å². The highest BCUT2D eigenvalue weighted by molar-refractivity contribution is 7.16. The Bertz CT molecular complexity index is 935. The zero-order valence-electron chi connectivity index (χ0n) is 15.3. The van der Waals surface area contributed by atoms with E-state index in [1.807, 2.05) is 0 Å². The second kappa shape index (κ2) is 8.85. The molecule has 0 saturated carbocycles. The van der Waals surface area contributed by atoms with Crippen molar-refractivity contribution in [2.24, 2.45) is 5.92 Å². The summed E-state index contributed by atoms with van der Waals surface area (Å²) in [5, 5.41) is 12.6. The van der Waals surface area contributed by atoms with E-state index in [0.717, 1.165) is 35.8 Å². The van der Waals surface area contributed by atoms with Gasteiger partial charge in [-0.2, -0.15) is 5.26 Å². The van der Waals surface area contributed by atoms with Gasteiger partial charge in [0, 0.05) is 10.9 Å². The Morgan fingerprint density at radius 3 is 2.96 bits per heavy atom. The molecule has 0 saturated heterocycles. The number of fused-ring (bicyclic) bond motifs is 1. The maximum absolute atomic E-state index is 13.1. The molecule has 0 radical (unpaired) electrons. The molecule has 0 aliphatic heterocycles. The molecule has 0 spiro atoms. The molecule has 1 aromatic heterocycles. The smallest absolute Gasteiger partial charge is 0.344 e. The molecule has 1 N–H and O–H groups in total. The molecule has 1 aromatic carbocycles. The minimum Gasteiger partial charge on any atom is -0.482 e. The summed E-state index contributed by atoms with van der Waals surface area (Å²) >= 11 is 1.41. The molecule has 1 aliphatic carbocycles. The fraction of sp³-hybridized carbons (Fsp3) is 0.350. The number of nitrogens with one attached hydrogen (secondary N) is 1. The summed E-state index contributed by atoms with van der Waals surface area (Å²) in [5.74, 6) is -1.01. The number of ether oxygens (including phenoxy) is 2. The first-order chi connectivity index (χ1) is 13.5. The number of halogens is 1. The molecular weight excluding hydrogens is 383 g/mol. The zero-order valence-corrected chi connectivity index (χ0v) is 16.1. The highest BCUT2D eigenvalue weighted by Gasteiger charge is 2.24. The minimum atomic E-state index is -0.751. The fourth-order valence-corrected chi connectivity index (χ4v) is 4.38. The normalized spacial score (nSPS) is 15.2. The van der Waals surface area contributed by atoms with Gasteiger partial charge in [-0.1, -0.05) is 13.0 Å². The van der Waals surface area contributed by atoms with Crippen LogP contribution in [0.25, 0.3) is 0 Å². The van der Waals surface area contributed by atoms with Gasteiger partial charge >= 0.3 is 5.97 Å². The molecule has 146 valence electrons. The second-order valence-electron chi connectivity index (χ2n) is 6.62. The molecular formula is C20H19FN2O4S. The lowest BCUT2D eigenvalue weighted by atomic mass is 9.89. The average Bonchev–Trinajstić information content (AvgIpc) is 3.00. The van der Waals surface area contributed by atoms with Crippen molar-refractivity contribution in [3.8, 4) is 11.8 Å². The molecule has 1 atom stereocenters. The monoisotopic (exact) mass is 402 g/mol. The van der Waals surface area contributed by atoms with Crippen LogP contribution in [0.15, 0.2) is 24.3 Å². The van der Waals surface area contributed by atoms with Crippen molar-refractivity contribution < 1.29 is 23.5 Å². The third-order valence-corrected chi connectivity index (χ3v) is 5.56. The number of amides is 1. The Kier molecular flexibility index (Phi) is 6.26. The van der Waals surface area contributed by atoms with Crippen molar-refractivity contribution in [3.63, 3.8) is 0 Å². The first-order valence-electron chi connectivity index (χ1n) is 8.84. The molecule has 1 amide bonds. The van der Waals surface area contributed by atoms with Gasteiger partial charge in [-0.05, 0) is 42.9 Å². The van der Waals surface area contributed by atoms with Gasteiger partial charge in [0.05, 0.1) is 5.56 Å². The lowest BCUT2D eigenvalue weighted by Gasteiger charge is -2.17. The summed E-state index contributed by atoms with van der Waals surface area (Å²) in [5.41, 5.74) is 1.52. The molecule has 3 rings (SSSR count). The molecule has 0 bridgehead atoms. The van der Waals surface area contributed by atoms with Crippen LogP contribution in [0.4, 0.5) is 9.39 Å². The molecule has 28 heavy (non-hydrogen) atoms. The van der Waals surface area contributed by atoms with Crippen molar-refractivity contribution in [1.29, 1.82) is 5.26 Å². The van der Waals surface area contributed by atoms with Crippen LogP contribution < -0.4 is 10.1 Å². The zero-order chi connectivity index (χ0) is 20.1. The number of nitrogens with zero attached hydrogens (tertiary/aromatic N) is 1. The Morgan fingerprint density at radius 2 is 2.21 bits per heavy atom. The van der Waals surface area contributed by atoms with Gasteiger partial charge in [-0.25, -0.2) is 9.18 Å². The third-order valence-electron chi connectivity index (χ3n) is 4.39. The van der Waals surface area contributed by atoms with Crippen LogP contribution in [0.2, 0.25) is 0 Å². The van der Waals surface area contributed by atoms with Crippen molar-refractivity contribution >= 4 is 28.2 Å². The quantitative estimate of drug-likeness (QED) is 0.748. The van der Waals surface area contributed by atoms with Gasteiger partial charge < -0.3 is 14.8 Å². The van der Waals surface area contributed by atoms with E-state index < -0.39 is 30.9 Å². The van der Waals surface area contributed by atoms with E-state index in [4.69, 9.17) is 9.47 Å². The lowest BCUT2D eigenvalue weighted by molar-refractivity contribution is -0.149. The van der Waals surface area contributed by atoms with Crippen molar-refractivity contribution in [3.05, 3.63) is 46.1 Å². The number of carbonyl (C=O) groups is 2. The number of hydrogen-bond acceptors (Lipinski definition) is 6. The van der Waals surface area contributed by atoms with E-state index in [1.165, 1.54) is 29.5 Å². The van der Waals surface area contributed by atoms with Crippen LogP contribution in [0.1, 0.15) is 29.3 Å². The molecule has 2 aromatic rings. The van der Waals surface area contributed by atoms with Crippen molar-refractivity contribution in [1.82, 2.24) is 0 Å². The summed E-state index contributed by atoms with van der Waals surface area (Å²) in [6, 6.07) is 7.53. The Morgan fingerprint density at radius 1 is 1.39 bits per heavy atom. The van der Waals surface area contributed by atoms with Gasteiger partial charge in [0.2, 0.25) is 0 Å². The summed E-state index contributed by atoms with van der Waals surface area (Å²) in [6.07, 6.45) is 2.75. The third kappa shape index (κ3) is 4.87. The number of hydrogen-bond donors (Lipinski definition) is 1. The number of anilines is 1. The highest BCUT2D eigenvalue weighted by atomic mass is 32.1. The van der Waals surface area contributed by atoms with E-state index in [9.17, 15) is 19.2 Å². The van der Waals surface area contributed by atoms with Gasteiger partial charge in [-0.3, -0.25) is 4.79 Å². The number of nitriles is 1. The molecule has 1 aliphatic rings. The first kappa shape index (κ1) is 19.8. The molecule has 8 heteroatoms. The van der Waals surface area contributed by atoms with Crippen LogP contribution in [-0.4, -0.2) is 25.1 Å². The van der Waals surface area contributed by atoms with Crippen molar-refractivity contribution in [2.75, 3.05) is 18.5 Å². The van der Waals surface area contributed by atoms with E-state index in [0.29, 0.717) is 16.5 Å². The minimum absolute atomic E-state index is 0.193. The van der Waals surface area contributed by atoms with Crippen LogP contribution in [0.5, 0.6) is 5.75 Å². The summed E-state index contributed by atoms with van der Waals surface area (Å²) in [4.78, 5) is 24.9. The number of carbonyl (C=O) groups excluding carboxylic acids is 2. The van der Waals surface area contributed by atoms with Crippen LogP contribution in [0.3, 0.4) is 0 Å². The van der Waals surface area contributed by atoms with Crippen LogP contribution >= 0.6 is 11.3 Å². The average molecular weight is 402 g/mol. The summed E-state index contributed by atoms with van der Waals surface area (Å²) in [6.45, 7) is 1.23. The number of rotatable bonds is 6. The second-order valence-corrected chi connectivity index (χ2v) is 7.73. The predicted octanol–water partition coefficient (Wildman–Crippen LogP) is 3.44. The molecule has 0 fully saturated rings. The maximum atomic E-state index is 13.1.